The van der Waals surface area contributed by atoms with Crippen molar-refractivity contribution in [1.82, 2.24) is 9.88 Å². The Hall–Kier alpha value is -5.05. The van der Waals surface area contributed by atoms with E-state index < -0.39 is 12.1 Å². The number of nitrogens with zero attached hydrogens (tertiary/aromatic N) is 1. The summed E-state index contributed by atoms with van der Waals surface area (Å²) in [5, 5.41) is 25.6. The fourth-order valence-electron chi connectivity index (χ4n) is 5.59. The third kappa shape index (κ3) is 9.48. The van der Waals surface area contributed by atoms with Crippen LogP contribution in [0.25, 0.3) is 22.4 Å². The number of para-hydroxylation sites is 1. The number of hydrogen-bond acceptors (Lipinski definition) is 4. The number of aliphatic hydroxyl groups is 1. The molecule has 1 aromatic heterocycles. The second kappa shape index (κ2) is 17.0. The average Bonchev–Trinajstić information content (AvgIpc) is 3.41. The number of carboxylic acid groups (broad SMARTS) is 1. The zero-order valence-corrected chi connectivity index (χ0v) is 27.0. The minimum Gasteiger partial charge on any atom is -0.481 e. The quantitative estimate of drug-likeness (QED) is 0.111. The average molecular weight is 636 g/mol. The molecule has 5 aromatic rings. The van der Waals surface area contributed by atoms with Gasteiger partial charge in [-0.2, -0.15) is 0 Å². The third-order valence-electron chi connectivity index (χ3n) is 7.61. The van der Waals surface area contributed by atoms with Gasteiger partial charge in [0.15, 0.2) is 0 Å². The largest absolute Gasteiger partial charge is 0.481 e. The summed E-state index contributed by atoms with van der Waals surface area (Å²) in [6.07, 6.45) is -1.27. The van der Waals surface area contributed by atoms with Gasteiger partial charge in [-0.05, 0) is 72.5 Å². The van der Waals surface area contributed by atoms with Crippen LogP contribution in [-0.4, -0.2) is 39.8 Å². The van der Waals surface area contributed by atoms with Gasteiger partial charge in [-0.1, -0.05) is 92.7 Å². The van der Waals surface area contributed by atoms with Crippen LogP contribution in [0, 0.1) is 5.82 Å². The summed E-state index contributed by atoms with van der Waals surface area (Å²) in [4.78, 5) is 25.1. The van der Waals surface area contributed by atoms with Crippen LogP contribution in [0.2, 0.25) is 0 Å². The minimum absolute atomic E-state index is 0.0974. The topological polar surface area (TPSA) is 104 Å². The number of carbonyl (C=O) groups is 2. The molecule has 8 heteroatoms. The Morgan fingerprint density at radius 2 is 1.38 bits per heavy atom. The summed E-state index contributed by atoms with van der Waals surface area (Å²) in [7, 11) is 1.95. The Balaban J connectivity index is 0.000000479. The van der Waals surface area contributed by atoms with Crippen molar-refractivity contribution in [2.24, 2.45) is 0 Å². The molecular weight excluding hydrogens is 593 g/mol. The molecular formula is C39H42FN3O4. The van der Waals surface area contributed by atoms with E-state index in [0.29, 0.717) is 28.1 Å². The van der Waals surface area contributed by atoms with Crippen molar-refractivity contribution >= 4 is 17.6 Å². The van der Waals surface area contributed by atoms with Gasteiger partial charge in [0.25, 0.3) is 5.91 Å². The Morgan fingerprint density at radius 3 is 1.94 bits per heavy atom. The van der Waals surface area contributed by atoms with Gasteiger partial charge in [0.2, 0.25) is 0 Å². The molecule has 0 aliphatic heterocycles. The first-order valence-electron chi connectivity index (χ1n) is 15.7. The Kier molecular flexibility index (Phi) is 12.6. The molecule has 1 heterocycles. The van der Waals surface area contributed by atoms with Crippen molar-refractivity contribution in [1.29, 1.82) is 0 Å². The van der Waals surface area contributed by atoms with Crippen molar-refractivity contribution < 1.29 is 24.2 Å². The molecule has 1 atom stereocenters. The molecule has 0 aliphatic carbocycles. The lowest BCUT2D eigenvalue weighted by molar-refractivity contribution is -0.139. The van der Waals surface area contributed by atoms with E-state index in [1.165, 1.54) is 17.7 Å². The summed E-state index contributed by atoms with van der Waals surface area (Å²) in [5.41, 5.74) is 6.15. The number of amides is 1. The number of aromatic nitrogens is 1. The van der Waals surface area contributed by atoms with E-state index in [2.05, 4.69) is 22.8 Å². The van der Waals surface area contributed by atoms with E-state index in [-0.39, 0.29) is 37.0 Å². The number of hydrogen-bond donors (Lipinski definition) is 4. The second-order valence-electron chi connectivity index (χ2n) is 11.5. The predicted octanol–water partition coefficient (Wildman–Crippen LogP) is 7.97. The predicted molar refractivity (Wildman–Crippen MR) is 186 cm³/mol. The normalized spacial score (nSPS) is 11.4. The smallest absolute Gasteiger partial charge is 0.305 e. The number of halogens is 1. The van der Waals surface area contributed by atoms with E-state index in [1.807, 2.05) is 104 Å². The molecule has 1 unspecified atom stereocenters. The van der Waals surface area contributed by atoms with Gasteiger partial charge >= 0.3 is 5.97 Å². The number of carbonyl (C=O) groups excluding carboxylic acids is 1. The first-order valence-corrected chi connectivity index (χ1v) is 15.7. The standard InChI is InChI=1S/C31H31FN2O4.C8H11N/c1-20(2)29-28(31(38)33-24-11-7-4-8-12-24)27(21-9-5-3-6-10-21)30(22-13-15-23(32)16-14-22)34(29)18-17-25(35)19-26(36)37;1-9-7-8-5-3-2-4-6-8/h3-16,20,25,35H,17-19H2,1-2H3,(H,33,38)(H,36,37);2-6,9H,7H2,1H3. The molecule has 4 N–H and O–H groups in total. The molecule has 7 nitrogen and oxygen atoms in total. The zero-order chi connectivity index (χ0) is 33.8. The number of carboxylic acids is 1. The second-order valence-corrected chi connectivity index (χ2v) is 11.5. The molecule has 4 aromatic carbocycles. The maximum Gasteiger partial charge on any atom is 0.305 e. The molecule has 0 aliphatic rings. The van der Waals surface area contributed by atoms with E-state index in [0.717, 1.165) is 17.8 Å². The maximum atomic E-state index is 14.0. The Bertz CT molecular complexity index is 1720. The molecule has 244 valence electrons. The number of benzene rings is 4. The number of anilines is 1. The van der Waals surface area contributed by atoms with Gasteiger partial charge in [-0.25, -0.2) is 4.39 Å². The summed E-state index contributed by atoms with van der Waals surface area (Å²) < 4.78 is 15.9. The molecule has 47 heavy (non-hydrogen) atoms. The molecule has 0 spiro atoms. The monoisotopic (exact) mass is 635 g/mol. The number of rotatable bonds is 12. The molecule has 1 amide bonds. The minimum atomic E-state index is -1.08. The van der Waals surface area contributed by atoms with E-state index in [1.54, 1.807) is 12.1 Å². The van der Waals surface area contributed by atoms with E-state index in [9.17, 15) is 19.1 Å². The summed E-state index contributed by atoms with van der Waals surface area (Å²) in [6.45, 7) is 5.21. The molecule has 0 radical (unpaired) electrons. The summed E-state index contributed by atoms with van der Waals surface area (Å²) >= 11 is 0. The summed E-state index contributed by atoms with van der Waals surface area (Å²) in [6, 6.07) is 35.2. The van der Waals surface area contributed by atoms with Crippen LogP contribution < -0.4 is 10.6 Å². The Labute approximate surface area is 275 Å². The van der Waals surface area contributed by atoms with Crippen molar-refractivity contribution in [3.05, 3.63) is 138 Å². The first kappa shape index (κ1) is 34.8. The van der Waals surface area contributed by atoms with Gasteiger partial charge in [0.1, 0.15) is 5.82 Å². The van der Waals surface area contributed by atoms with Crippen LogP contribution in [0.15, 0.2) is 115 Å². The lowest BCUT2D eigenvalue weighted by Gasteiger charge is -2.18. The highest BCUT2D eigenvalue weighted by Crippen LogP contribution is 2.42. The first-order chi connectivity index (χ1) is 22.7. The summed E-state index contributed by atoms with van der Waals surface area (Å²) in [5.74, 6) is -1.84. The van der Waals surface area contributed by atoms with Crippen LogP contribution in [0.4, 0.5) is 10.1 Å². The highest BCUT2D eigenvalue weighted by molar-refractivity contribution is 6.12. The highest BCUT2D eigenvalue weighted by atomic mass is 19.1. The number of aliphatic carboxylic acids is 1. The fraction of sp³-hybridized carbons (Fsp3) is 0.231. The fourth-order valence-corrected chi connectivity index (χ4v) is 5.59. The molecule has 0 fully saturated rings. The molecule has 0 saturated heterocycles. The Morgan fingerprint density at radius 1 is 0.809 bits per heavy atom. The number of aliphatic hydroxyl groups excluding tert-OH is 1. The molecule has 0 bridgehead atoms. The maximum absolute atomic E-state index is 14.0. The van der Waals surface area contributed by atoms with Crippen LogP contribution in [0.3, 0.4) is 0 Å². The SMILES string of the molecule is CC(C)c1c(C(=O)Nc2ccccc2)c(-c2ccccc2)c(-c2ccc(F)cc2)n1CCC(O)CC(=O)O.CNCc1ccccc1. The highest BCUT2D eigenvalue weighted by Gasteiger charge is 2.30. The lowest BCUT2D eigenvalue weighted by Crippen LogP contribution is -2.19. The van der Waals surface area contributed by atoms with Crippen molar-refractivity contribution in [2.45, 2.75) is 51.8 Å². The van der Waals surface area contributed by atoms with Crippen molar-refractivity contribution in [2.75, 3.05) is 12.4 Å². The lowest BCUT2D eigenvalue weighted by atomic mass is 9.94. The zero-order valence-electron chi connectivity index (χ0n) is 27.0. The third-order valence-corrected chi connectivity index (χ3v) is 7.61. The van der Waals surface area contributed by atoms with Crippen LogP contribution in [0.1, 0.15) is 54.2 Å². The van der Waals surface area contributed by atoms with Gasteiger partial charge in [0, 0.05) is 30.0 Å². The molecule has 5 rings (SSSR count). The van der Waals surface area contributed by atoms with E-state index in [4.69, 9.17) is 5.11 Å². The van der Waals surface area contributed by atoms with Crippen LogP contribution >= 0.6 is 0 Å². The van der Waals surface area contributed by atoms with Crippen LogP contribution in [-0.2, 0) is 17.9 Å². The van der Waals surface area contributed by atoms with Crippen LogP contribution in [0.5, 0.6) is 0 Å². The van der Waals surface area contributed by atoms with Crippen molar-refractivity contribution in [3.63, 3.8) is 0 Å². The van der Waals surface area contributed by atoms with E-state index >= 15 is 0 Å². The van der Waals surface area contributed by atoms with Gasteiger partial charge in [-0.15, -0.1) is 0 Å². The van der Waals surface area contributed by atoms with Gasteiger partial charge < -0.3 is 25.4 Å². The molecule has 0 saturated carbocycles. The van der Waals surface area contributed by atoms with Gasteiger partial charge in [0.05, 0.1) is 23.8 Å². The van der Waals surface area contributed by atoms with Gasteiger partial charge in [-0.3, -0.25) is 9.59 Å². The van der Waals surface area contributed by atoms with Crippen molar-refractivity contribution in [3.8, 4) is 22.4 Å². The number of nitrogens with one attached hydrogen (secondary N) is 2.